The zero-order chi connectivity index (χ0) is 13.1. The summed E-state index contributed by atoms with van der Waals surface area (Å²) >= 11 is 0. The van der Waals surface area contributed by atoms with Gasteiger partial charge in [0.1, 0.15) is 5.75 Å². The zero-order valence-electron chi connectivity index (χ0n) is 11.7. The van der Waals surface area contributed by atoms with Crippen molar-refractivity contribution in [2.45, 2.75) is 44.8 Å². The van der Waals surface area contributed by atoms with Gasteiger partial charge in [-0.2, -0.15) is 0 Å². The third-order valence-electron chi connectivity index (χ3n) is 4.05. The van der Waals surface area contributed by atoms with Gasteiger partial charge in [-0.25, -0.2) is 0 Å². The van der Waals surface area contributed by atoms with Crippen LogP contribution in [0, 0.1) is 0 Å². The lowest BCUT2D eigenvalue weighted by atomic mass is 9.95. The van der Waals surface area contributed by atoms with Crippen molar-refractivity contribution >= 4 is 0 Å². The maximum absolute atomic E-state index is 5.87. The highest BCUT2D eigenvalue weighted by Crippen LogP contribution is 2.32. The van der Waals surface area contributed by atoms with Crippen LogP contribution in [0.2, 0.25) is 0 Å². The summed E-state index contributed by atoms with van der Waals surface area (Å²) in [4.78, 5) is 0. The fraction of sp³-hybridized carbons (Fsp3) is 0.625. The van der Waals surface area contributed by atoms with Crippen LogP contribution in [0.3, 0.4) is 0 Å². The number of fused-ring (bicyclic) bond motifs is 1. The number of ether oxygens (including phenoxy) is 2. The summed E-state index contributed by atoms with van der Waals surface area (Å²) in [6, 6.07) is 6.95. The third kappa shape index (κ3) is 2.77. The van der Waals surface area contributed by atoms with Crippen LogP contribution < -0.4 is 10.1 Å². The number of likely N-dealkylation sites (N-methyl/N-ethyl adjacent to an activating group) is 1. The Morgan fingerprint density at radius 2 is 2.26 bits per heavy atom. The van der Waals surface area contributed by atoms with Gasteiger partial charge in [0.25, 0.3) is 0 Å². The monoisotopic (exact) mass is 261 g/mol. The lowest BCUT2D eigenvalue weighted by Gasteiger charge is -2.26. The Morgan fingerprint density at radius 1 is 1.32 bits per heavy atom. The molecule has 3 heteroatoms. The highest BCUT2D eigenvalue weighted by atomic mass is 16.5. The number of hydrogen-bond donors (Lipinski definition) is 1. The quantitative estimate of drug-likeness (QED) is 0.904. The molecule has 0 amide bonds. The molecule has 19 heavy (non-hydrogen) atoms. The van der Waals surface area contributed by atoms with Gasteiger partial charge in [0, 0.05) is 6.61 Å². The minimum absolute atomic E-state index is 0.319. The van der Waals surface area contributed by atoms with Crippen molar-refractivity contribution in [3.63, 3.8) is 0 Å². The summed E-state index contributed by atoms with van der Waals surface area (Å²) in [6.07, 6.45) is 4.92. The van der Waals surface area contributed by atoms with Crippen LogP contribution in [-0.4, -0.2) is 25.9 Å². The molecule has 0 aliphatic carbocycles. The minimum atomic E-state index is 0.319. The lowest BCUT2D eigenvalue weighted by Crippen LogP contribution is -2.31. The lowest BCUT2D eigenvalue weighted by molar-refractivity contribution is 0.0787. The Morgan fingerprint density at radius 3 is 3.05 bits per heavy atom. The highest BCUT2D eigenvalue weighted by Gasteiger charge is 2.27. The molecule has 1 aromatic carbocycles. The van der Waals surface area contributed by atoms with E-state index in [2.05, 4.69) is 30.4 Å². The molecule has 0 radical (unpaired) electrons. The average molecular weight is 261 g/mol. The molecule has 2 aliphatic heterocycles. The van der Waals surface area contributed by atoms with E-state index in [1.165, 1.54) is 17.5 Å². The molecule has 3 nitrogen and oxygen atoms in total. The van der Waals surface area contributed by atoms with E-state index in [1.54, 1.807) is 0 Å². The molecule has 0 aromatic heterocycles. The van der Waals surface area contributed by atoms with E-state index in [0.717, 1.165) is 44.8 Å². The molecule has 1 N–H and O–H groups in total. The Labute approximate surface area is 115 Å². The van der Waals surface area contributed by atoms with Crippen molar-refractivity contribution in [1.82, 2.24) is 5.32 Å². The minimum Gasteiger partial charge on any atom is -0.493 e. The first-order chi connectivity index (χ1) is 9.38. The van der Waals surface area contributed by atoms with Crippen molar-refractivity contribution in [3.8, 4) is 5.75 Å². The summed E-state index contributed by atoms with van der Waals surface area (Å²) in [5.74, 6) is 1.07. The first-order valence-electron chi connectivity index (χ1n) is 7.49. The summed E-state index contributed by atoms with van der Waals surface area (Å²) in [6.45, 7) is 4.89. The maximum atomic E-state index is 5.87. The average Bonchev–Trinajstić information content (AvgIpc) is 2.98. The molecule has 1 saturated heterocycles. The van der Waals surface area contributed by atoms with Crippen LogP contribution in [-0.2, 0) is 11.2 Å². The summed E-state index contributed by atoms with van der Waals surface area (Å²) in [5.41, 5.74) is 2.70. The molecule has 1 fully saturated rings. The van der Waals surface area contributed by atoms with E-state index >= 15 is 0 Å². The molecule has 0 saturated carbocycles. The Bertz CT molecular complexity index is 427. The summed E-state index contributed by atoms with van der Waals surface area (Å²) < 4.78 is 11.6. The molecule has 0 spiro atoms. The second kappa shape index (κ2) is 5.93. The molecular formula is C16H23NO2. The number of rotatable bonds is 4. The van der Waals surface area contributed by atoms with Gasteiger partial charge < -0.3 is 14.8 Å². The van der Waals surface area contributed by atoms with Gasteiger partial charge in [0.05, 0.1) is 18.8 Å². The number of aryl methyl sites for hydroxylation is 1. The molecule has 3 rings (SSSR count). The number of hydrogen-bond acceptors (Lipinski definition) is 3. The van der Waals surface area contributed by atoms with Gasteiger partial charge in [-0.15, -0.1) is 0 Å². The summed E-state index contributed by atoms with van der Waals surface area (Å²) in [5, 5.41) is 3.58. The van der Waals surface area contributed by atoms with E-state index in [0.29, 0.717) is 12.1 Å². The van der Waals surface area contributed by atoms with Crippen molar-refractivity contribution in [1.29, 1.82) is 0 Å². The van der Waals surface area contributed by atoms with Gasteiger partial charge in [0.2, 0.25) is 0 Å². The fourth-order valence-corrected chi connectivity index (χ4v) is 3.12. The fourth-order valence-electron chi connectivity index (χ4n) is 3.12. The first-order valence-corrected chi connectivity index (χ1v) is 7.49. The van der Waals surface area contributed by atoms with Crippen LogP contribution in [0.15, 0.2) is 18.2 Å². The van der Waals surface area contributed by atoms with Gasteiger partial charge in [0.15, 0.2) is 0 Å². The maximum Gasteiger partial charge on any atom is 0.122 e. The van der Waals surface area contributed by atoms with Crippen LogP contribution in [0.25, 0.3) is 0 Å². The zero-order valence-corrected chi connectivity index (χ0v) is 11.7. The second-order valence-corrected chi connectivity index (χ2v) is 5.41. The van der Waals surface area contributed by atoms with Crippen LogP contribution in [0.1, 0.15) is 43.4 Å². The molecule has 2 atom stereocenters. The Hall–Kier alpha value is -1.06. The summed E-state index contributed by atoms with van der Waals surface area (Å²) in [7, 11) is 0. The van der Waals surface area contributed by atoms with Crippen LogP contribution in [0.4, 0.5) is 0 Å². The second-order valence-electron chi connectivity index (χ2n) is 5.41. The molecular weight excluding hydrogens is 238 g/mol. The third-order valence-corrected chi connectivity index (χ3v) is 4.05. The van der Waals surface area contributed by atoms with Gasteiger partial charge >= 0.3 is 0 Å². The van der Waals surface area contributed by atoms with Crippen molar-refractivity contribution in [2.75, 3.05) is 19.8 Å². The number of nitrogens with one attached hydrogen (secondary N) is 1. The molecule has 2 aliphatic rings. The van der Waals surface area contributed by atoms with Crippen LogP contribution in [0.5, 0.6) is 5.75 Å². The number of benzene rings is 1. The SMILES string of the molecule is CCNC(c1ccc2c(c1)CCCO2)C1CCCO1. The van der Waals surface area contributed by atoms with Gasteiger partial charge in [-0.3, -0.25) is 0 Å². The van der Waals surface area contributed by atoms with Crippen molar-refractivity contribution in [3.05, 3.63) is 29.3 Å². The molecule has 2 heterocycles. The van der Waals surface area contributed by atoms with E-state index in [4.69, 9.17) is 9.47 Å². The van der Waals surface area contributed by atoms with Crippen molar-refractivity contribution < 1.29 is 9.47 Å². The largest absolute Gasteiger partial charge is 0.493 e. The first kappa shape index (κ1) is 12.9. The molecule has 104 valence electrons. The van der Waals surface area contributed by atoms with Crippen LogP contribution >= 0.6 is 0 Å². The Balaban J connectivity index is 1.84. The predicted molar refractivity (Wildman–Crippen MR) is 75.6 cm³/mol. The van der Waals surface area contributed by atoms with E-state index in [9.17, 15) is 0 Å². The normalized spacial score (nSPS) is 23.7. The van der Waals surface area contributed by atoms with Gasteiger partial charge in [-0.05, 0) is 49.4 Å². The smallest absolute Gasteiger partial charge is 0.122 e. The van der Waals surface area contributed by atoms with E-state index in [1.807, 2.05) is 0 Å². The standard InChI is InChI=1S/C16H23NO2/c1-2-17-16(15-6-4-10-19-15)13-7-8-14-12(11-13)5-3-9-18-14/h7-8,11,15-17H,2-6,9-10H2,1H3. The van der Waals surface area contributed by atoms with E-state index in [-0.39, 0.29) is 0 Å². The predicted octanol–water partition coefficient (Wildman–Crippen LogP) is 2.84. The van der Waals surface area contributed by atoms with Crippen molar-refractivity contribution in [2.24, 2.45) is 0 Å². The molecule has 0 bridgehead atoms. The van der Waals surface area contributed by atoms with E-state index < -0.39 is 0 Å². The highest BCUT2D eigenvalue weighted by molar-refractivity contribution is 5.40. The van der Waals surface area contributed by atoms with Gasteiger partial charge in [-0.1, -0.05) is 19.1 Å². The Kier molecular flexibility index (Phi) is 4.04. The topological polar surface area (TPSA) is 30.5 Å². The molecule has 1 aromatic rings. The molecule has 2 unspecified atom stereocenters.